The van der Waals surface area contributed by atoms with Crippen LogP contribution in [0.3, 0.4) is 0 Å². The zero-order chi connectivity index (χ0) is 32.1. The van der Waals surface area contributed by atoms with E-state index in [1.54, 1.807) is 4.90 Å². The smallest absolute Gasteiger partial charge is 0.381 e. The molecule has 7 nitrogen and oxygen atoms in total. The Morgan fingerprint density at radius 1 is 0.814 bits per heavy atom. The molecule has 2 aromatic rings. The fraction of sp³-hybridized carbons (Fsp3) is 0.818. The molecule has 2 aliphatic rings. The third-order valence-corrected chi connectivity index (χ3v) is 9.47. The molecule has 244 valence electrons. The van der Waals surface area contributed by atoms with Crippen LogP contribution in [0.15, 0.2) is 0 Å². The van der Waals surface area contributed by atoms with Gasteiger partial charge in [-0.3, -0.25) is 19.2 Å². The number of ether oxygens (including phenoxy) is 1. The number of hydrogen-bond acceptors (Lipinski definition) is 5. The van der Waals surface area contributed by atoms with Crippen molar-refractivity contribution in [1.29, 1.82) is 0 Å². The first kappa shape index (κ1) is 34.0. The van der Waals surface area contributed by atoms with Crippen molar-refractivity contribution >= 4 is 0 Å². The van der Waals surface area contributed by atoms with Crippen molar-refractivity contribution in [2.24, 2.45) is 14.1 Å². The molecule has 0 bridgehead atoms. The highest BCUT2D eigenvalue weighted by Gasteiger charge is 2.49. The van der Waals surface area contributed by atoms with Gasteiger partial charge in [0.2, 0.25) is 0 Å². The molecule has 0 aliphatic carbocycles. The number of hydrogen-bond donors (Lipinski definition) is 0. The van der Waals surface area contributed by atoms with Crippen molar-refractivity contribution in [3.8, 4) is 0 Å². The quantitative estimate of drug-likeness (QED) is 0.366. The summed E-state index contributed by atoms with van der Waals surface area (Å²) in [6, 6.07) is -1.53. The molecule has 10 heteroatoms. The molecule has 0 amide bonds. The minimum atomic E-state index is -4.33. The molecule has 0 spiro atoms. The molecule has 0 N–H and O–H groups in total. The third kappa shape index (κ3) is 7.33. The molecule has 0 aromatic carbocycles. The predicted octanol–water partition coefficient (Wildman–Crippen LogP) is 6.37. The zero-order valence-electron chi connectivity index (χ0n) is 28.5. The van der Waals surface area contributed by atoms with E-state index in [9.17, 15) is 13.2 Å². The first-order chi connectivity index (χ1) is 19.7. The average molecular weight is 609 g/mol. The Kier molecular flexibility index (Phi) is 9.58. The number of aryl methyl sites for hydroxylation is 2. The first-order valence-electron chi connectivity index (χ1n) is 15.9. The molecule has 2 aromatic heterocycles. The van der Waals surface area contributed by atoms with Crippen LogP contribution < -0.4 is 0 Å². The van der Waals surface area contributed by atoms with Crippen molar-refractivity contribution in [3.05, 3.63) is 33.9 Å². The van der Waals surface area contributed by atoms with Gasteiger partial charge in [0, 0.05) is 93.7 Å². The van der Waals surface area contributed by atoms with Crippen LogP contribution in [0.5, 0.6) is 0 Å². The summed E-state index contributed by atoms with van der Waals surface area (Å²) in [5, 5.41) is 9.76. The van der Waals surface area contributed by atoms with Crippen molar-refractivity contribution in [2.75, 3.05) is 39.4 Å². The zero-order valence-corrected chi connectivity index (χ0v) is 28.5. The Morgan fingerprint density at radius 3 is 1.86 bits per heavy atom. The molecule has 4 heterocycles. The monoisotopic (exact) mass is 608 g/mol. The Bertz CT molecular complexity index is 1250. The van der Waals surface area contributed by atoms with E-state index in [-0.39, 0.29) is 23.2 Å². The number of halogens is 3. The van der Waals surface area contributed by atoms with E-state index in [1.807, 2.05) is 37.3 Å². The lowest BCUT2D eigenvalue weighted by Crippen LogP contribution is -2.56. The standard InChI is InChI=1S/C33H55F3N6O/c1-22-24(37-39(10)28(22)31(5,6)7)21-41-14-16-42(17-15-41)25(33(34,35)36)20-32(8,9)29-26(30(2,3)4)27(38-40(29)11)23-12-18-43-19-13-23/h23,25H,12-21H2,1-11H3. The largest absolute Gasteiger partial charge is 0.404 e. The summed E-state index contributed by atoms with van der Waals surface area (Å²) in [6.07, 6.45) is -2.56. The predicted molar refractivity (Wildman–Crippen MR) is 166 cm³/mol. The molecule has 0 radical (unpaired) electrons. The van der Waals surface area contributed by atoms with Gasteiger partial charge in [-0.25, -0.2) is 0 Å². The second-order valence-corrected chi connectivity index (χ2v) is 15.6. The highest BCUT2D eigenvalue weighted by Crippen LogP contribution is 2.44. The molecular weight excluding hydrogens is 553 g/mol. The number of nitrogens with zero attached hydrogens (tertiary/aromatic N) is 6. The van der Waals surface area contributed by atoms with Gasteiger partial charge < -0.3 is 4.74 Å². The number of alkyl halides is 3. The van der Waals surface area contributed by atoms with E-state index < -0.39 is 17.6 Å². The van der Waals surface area contributed by atoms with Crippen LogP contribution in [-0.2, 0) is 41.6 Å². The first-order valence-corrected chi connectivity index (χ1v) is 15.9. The van der Waals surface area contributed by atoms with Gasteiger partial charge >= 0.3 is 6.18 Å². The molecule has 4 rings (SSSR count). The average Bonchev–Trinajstić information content (AvgIpc) is 3.39. The van der Waals surface area contributed by atoms with Crippen molar-refractivity contribution in [3.63, 3.8) is 0 Å². The van der Waals surface area contributed by atoms with Gasteiger partial charge in [0.1, 0.15) is 6.04 Å². The minimum absolute atomic E-state index is 0.0133. The Morgan fingerprint density at radius 2 is 1.37 bits per heavy atom. The normalized spacial score (nSPS) is 19.8. The number of aromatic nitrogens is 4. The van der Waals surface area contributed by atoms with Crippen LogP contribution in [0.4, 0.5) is 13.2 Å². The van der Waals surface area contributed by atoms with Crippen molar-refractivity contribution in [1.82, 2.24) is 29.4 Å². The summed E-state index contributed by atoms with van der Waals surface area (Å²) in [5.41, 5.74) is 5.46. The van der Waals surface area contributed by atoms with E-state index >= 15 is 0 Å². The Balaban J connectivity index is 1.54. The molecule has 43 heavy (non-hydrogen) atoms. The summed E-state index contributed by atoms with van der Waals surface area (Å²) in [5.74, 6) is 0.271. The van der Waals surface area contributed by atoms with Gasteiger partial charge in [-0.15, -0.1) is 0 Å². The lowest BCUT2D eigenvalue weighted by atomic mass is 9.72. The molecule has 0 saturated carbocycles. The Hall–Kier alpha value is -1.91. The molecule has 1 unspecified atom stereocenters. The van der Waals surface area contributed by atoms with Crippen LogP contribution in [-0.4, -0.2) is 81.0 Å². The van der Waals surface area contributed by atoms with Crippen molar-refractivity contribution in [2.45, 2.75) is 123 Å². The van der Waals surface area contributed by atoms with E-state index in [2.05, 4.69) is 53.4 Å². The topological polar surface area (TPSA) is 51.4 Å². The van der Waals surface area contributed by atoms with Gasteiger partial charge in [0.15, 0.2) is 0 Å². The van der Waals surface area contributed by atoms with E-state index in [4.69, 9.17) is 14.9 Å². The molecule has 1 atom stereocenters. The summed E-state index contributed by atoms with van der Waals surface area (Å²) < 4.78 is 53.9. The SMILES string of the molecule is Cc1c(CN2CCN(C(CC(C)(C)c3c(C(C)(C)C)c(C4CCOCC4)nn3C)C(F)(F)F)CC2)nn(C)c1C(C)(C)C. The van der Waals surface area contributed by atoms with Crippen LogP contribution in [0.25, 0.3) is 0 Å². The van der Waals surface area contributed by atoms with Crippen LogP contribution >= 0.6 is 0 Å². The lowest BCUT2D eigenvalue weighted by Gasteiger charge is -2.43. The maximum Gasteiger partial charge on any atom is 0.404 e. The molecule has 2 fully saturated rings. The third-order valence-electron chi connectivity index (χ3n) is 9.47. The number of rotatable bonds is 7. The van der Waals surface area contributed by atoms with Gasteiger partial charge in [-0.2, -0.15) is 23.4 Å². The molecule has 2 aliphatic heterocycles. The van der Waals surface area contributed by atoms with E-state index in [0.717, 1.165) is 35.5 Å². The fourth-order valence-electron chi connectivity index (χ4n) is 7.68. The summed E-state index contributed by atoms with van der Waals surface area (Å²) in [7, 11) is 3.88. The van der Waals surface area contributed by atoms with Crippen LogP contribution in [0, 0.1) is 6.92 Å². The maximum absolute atomic E-state index is 14.8. The van der Waals surface area contributed by atoms with Crippen LogP contribution in [0.2, 0.25) is 0 Å². The fourth-order valence-corrected chi connectivity index (χ4v) is 7.68. The number of piperazine rings is 1. The highest BCUT2D eigenvalue weighted by atomic mass is 19.4. The molecule has 2 saturated heterocycles. The lowest BCUT2D eigenvalue weighted by molar-refractivity contribution is -0.193. The van der Waals surface area contributed by atoms with Gasteiger partial charge in [0.05, 0.1) is 11.4 Å². The van der Waals surface area contributed by atoms with Gasteiger partial charge in [0.25, 0.3) is 0 Å². The maximum atomic E-state index is 14.8. The van der Waals surface area contributed by atoms with Crippen LogP contribution in [0.1, 0.15) is 114 Å². The van der Waals surface area contributed by atoms with Crippen molar-refractivity contribution < 1.29 is 17.9 Å². The van der Waals surface area contributed by atoms with E-state index in [1.165, 1.54) is 11.3 Å². The minimum Gasteiger partial charge on any atom is -0.381 e. The molecular formula is C33H55F3N6O. The van der Waals surface area contributed by atoms with Gasteiger partial charge in [-0.05, 0) is 37.2 Å². The van der Waals surface area contributed by atoms with Gasteiger partial charge in [-0.1, -0.05) is 55.4 Å². The highest BCUT2D eigenvalue weighted by molar-refractivity contribution is 5.40. The summed E-state index contributed by atoms with van der Waals surface area (Å²) in [4.78, 5) is 3.91. The second-order valence-electron chi connectivity index (χ2n) is 15.6. The van der Waals surface area contributed by atoms with E-state index in [0.29, 0.717) is 45.9 Å². The Labute approximate surface area is 257 Å². The second kappa shape index (κ2) is 12.1. The summed E-state index contributed by atoms with van der Waals surface area (Å²) >= 11 is 0. The summed E-state index contributed by atoms with van der Waals surface area (Å²) in [6.45, 7) is 23.0.